The topological polar surface area (TPSA) is 115 Å². The molecule has 0 spiro atoms. The van der Waals surface area contributed by atoms with E-state index in [9.17, 15) is 23.5 Å². The second kappa shape index (κ2) is 8.61. The second-order valence-corrected chi connectivity index (χ2v) is 7.00. The van der Waals surface area contributed by atoms with Gasteiger partial charge in [0, 0.05) is 23.4 Å². The number of carbonyl (C=O) groups is 2. The first-order valence-corrected chi connectivity index (χ1v) is 9.60. The van der Waals surface area contributed by atoms with Gasteiger partial charge in [0.2, 0.25) is 0 Å². The number of benzene rings is 2. The number of carboxylic acids is 1. The molecule has 0 radical (unpaired) electrons. The van der Waals surface area contributed by atoms with Crippen LogP contribution in [-0.2, 0) is 4.79 Å². The Morgan fingerprint density at radius 2 is 1.88 bits per heavy atom. The summed E-state index contributed by atoms with van der Waals surface area (Å²) < 4.78 is 39.5. The van der Waals surface area contributed by atoms with E-state index < -0.39 is 29.6 Å². The van der Waals surface area contributed by atoms with Gasteiger partial charge < -0.3 is 25.2 Å². The Kier molecular flexibility index (Phi) is 5.69. The van der Waals surface area contributed by atoms with Crippen molar-refractivity contribution >= 4 is 23.4 Å². The van der Waals surface area contributed by atoms with Crippen molar-refractivity contribution in [1.29, 1.82) is 0 Å². The van der Waals surface area contributed by atoms with E-state index in [-0.39, 0.29) is 22.6 Å². The summed E-state index contributed by atoms with van der Waals surface area (Å²) in [6.07, 6.45) is 2.46. The number of amides is 1. The maximum Gasteiger partial charge on any atom is 0.352 e. The normalized spacial score (nSPS) is 14.5. The zero-order chi connectivity index (χ0) is 23.7. The van der Waals surface area contributed by atoms with Gasteiger partial charge in [0.25, 0.3) is 5.91 Å². The van der Waals surface area contributed by atoms with E-state index >= 15 is 0 Å². The Bertz CT molecular complexity index is 1290. The smallest absolute Gasteiger partial charge is 0.352 e. The largest absolute Gasteiger partial charge is 0.493 e. The van der Waals surface area contributed by atoms with Crippen LogP contribution in [0.4, 0.5) is 20.3 Å². The number of halogens is 2. The van der Waals surface area contributed by atoms with E-state index in [2.05, 4.69) is 15.7 Å². The molecule has 1 atom stereocenters. The molecule has 3 aromatic rings. The highest BCUT2D eigenvalue weighted by Crippen LogP contribution is 2.34. The van der Waals surface area contributed by atoms with Crippen molar-refractivity contribution in [3.8, 4) is 11.5 Å². The molecular weight excluding hydrogens is 438 g/mol. The van der Waals surface area contributed by atoms with E-state index in [1.807, 2.05) is 0 Å². The lowest BCUT2D eigenvalue weighted by Gasteiger charge is -2.24. The SMILES string of the molecule is COc1ccc(NC(=O)c2cnn3c2NC(C(=O)O)=C[C@@H]3c2ccc(F)cc2F)cc1OC. The molecular formula is C22H18F2N4O5. The van der Waals surface area contributed by atoms with Crippen LogP contribution in [0.25, 0.3) is 0 Å². The van der Waals surface area contributed by atoms with Crippen LogP contribution in [0.1, 0.15) is 22.0 Å². The van der Waals surface area contributed by atoms with Crippen molar-refractivity contribution in [2.24, 2.45) is 0 Å². The Hall–Kier alpha value is -4.41. The number of aromatic nitrogens is 2. The van der Waals surface area contributed by atoms with Gasteiger partial charge >= 0.3 is 5.97 Å². The van der Waals surface area contributed by atoms with E-state index in [4.69, 9.17) is 9.47 Å². The van der Waals surface area contributed by atoms with Gasteiger partial charge in [0.15, 0.2) is 11.5 Å². The maximum absolute atomic E-state index is 14.5. The summed E-state index contributed by atoms with van der Waals surface area (Å²) in [5, 5.41) is 19.0. The maximum atomic E-state index is 14.5. The van der Waals surface area contributed by atoms with Crippen LogP contribution in [0.3, 0.4) is 0 Å². The number of hydrogen-bond acceptors (Lipinski definition) is 6. The summed E-state index contributed by atoms with van der Waals surface area (Å²) in [6.45, 7) is 0. The van der Waals surface area contributed by atoms with Crippen molar-refractivity contribution < 1.29 is 33.0 Å². The Morgan fingerprint density at radius 1 is 1.12 bits per heavy atom. The molecule has 1 aliphatic rings. The molecule has 0 aliphatic carbocycles. The zero-order valence-corrected chi connectivity index (χ0v) is 17.4. The van der Waals surface area contributed by atoms with Crippen molar-refractivity contribution in [2.75, 3.05) is 24.9 Å². The fraction of sp³-hybridized carbons (Fsp3) is 0.136. The van der Waals surface area contributed by atoms with E-state index in [0.717, 1.165) is 6.07 Å². The third kappa shape index (κ3) is 4.07. The Balaban J connectivity index is 1.71. The van der Waals surface area contributed by atoms with Crippen LogP contribution >= 0.6 is 0 Å². The van der Waals surface area contributed by atoms with Gasteiger partial charge in [-0.25, -0.2) is 18.3 Å². The van der Waals surface area contributed by atoms with Gasteiger partial charge in [-0.3, -0.25) is 4.79 Å². The predicted octanol–water partition coefficient (Wildman–Crippen LogP) is 3.41. The third-order valence-corrected chi connectivity index (χ3v) is 5.03. The average Bonchev–Trinajstić information content (AvgIpc) is 3.22. The lowest BCUT2D eigenvalue weighted by molar-refractivity contribution is -0.132. The lowest BCUT2D eigenvalue weighted by atomic mass is 10.0. The molecule has 0 saturated carbocycles. The van der Waals surface area contributed by atoms with Crippen LogP contribution in [-0.4, -0.2) is 41.0 Å². The number of rotatable bonds is 6. The minimum atomic E-state index is -1.32. The van der Waals surface area contributed by atoms with E-state index in [1.165, 1.54) is 37.2 Å². The standard InChI is InChI=1S/C22H18F2N4O5/c1-32-18-6-4-12(8-19(18)33-2)26-21(29)14-10-25-28-17(9-16(22(30)31)27-20(14)28)13-5-3-11(23)7-15(13)24/h3-10,17,27H,1-2H3,(H,26,29)(H,30,31)/t17-/m1/s1. The molecule has 4 rings (SSSR count). The van der Waals surface area contributed by atoms with Crippen molar-refractivity contribution in [3.05, 3.63) is 77.1 Å². The summed E-state index contributed by atoms with van der Waals surface area (Å²) in [5.41, 5.74) is 0.123. The van der Waals surface area contributed by atoms with E-state index in [1.54, 1.807) is 18.2 Å². The average molecular weight is 456 g/mol. The van der Waals surface area contributed by atoms with E-state index in [0.29, 0.717) is 23.3 Å². The monoisotopic (exact) mass is 456 g/mol. The Labute approximate surface area is 186 Å². The number of carbonyl (C=O) groups excluding carboxylic acids is 1. The van der Waals surface area contributed by atoms with Crippen LogP contribution in [0.2, 0.25) is 0 Å². The van der Waals surface area contributed by atoms with Crippen molar-refractivity contribution in [2.45, 2.75) is 6.04 Å². The van der Waals surface area contributed by atoms with Crippen LogP contribution in [0.15, 0.2) is 54.4 Å². The number of nitrogens with one attached hydrogen (secondary N) is 2. The highest BCUT2D eigenvalue weighted by Gasteiger charge is 2.31. The number of ether oxygens (including phenoxy) is 2. The molecule has 2 aromatic carbocycles. The summed E-state index contributed by atoms with van der Waals surface area (Å²) in [4.78, 5) is 24.6. The number of aliphatic carboxylic acids is 1. The second-order valence-electron chi connectivity index (χ2n) is 7.00. The molecule has 0 unspecified atom stereocenters. The molecule has 170 valence electrons. The number of methoxy groups -OCH3 is 2. The molecule has 0 fully saturated rings. The van der Waals surface area contributed by atoms with Gasteiger partial charge in [-0.1, -0.05) is 6.07 Å². The first kappa shape index (κ1) is 21.8. The minimum absolute atomic E-state index is 0.00662. The third-order valence-electron chi connectivity index (χ3n) is 5.03. The molecule has 11 heteroatoms. The molecule has 2 heterocycles. The van der Waals surface area contributed by atoms with Gasteiger partial charge in [-0.2, -0.15) is 5.10 Å². The minimum Gasteiger partial charge on any atom is -0.493 e. The molecule has 1 amide bonds. The van der Waals surface area contributed by atoms with Crippen LogP contribution < -0.4 is 20.1 Å². The van der Waals surface area contributed by atoms with Gasteiger partial charge in [-0.05, 0) is 24.3 Å². The summed E-state index contributed by atoms with van der Waals surface area (Å²) in [6, 6.07) is 6.70. The number of fused-ring (bicyclic) bond motifs is 1. The predicted molar refractivity (Wildman–Crippen MR) is 114 cm³/mol. The first-order valence-electron chi connectivity index (χ1n) is 9.60. The molecule has 0 saturated heterocycles. The molecule has 9 nitrogen and oxygen atoms in total. The Morgan fingerprint density at radius 3 is 2.55 bits per heavy atom. The molecule has 1 aliphatic heterocycles. The van der Waals surface area contributed by atoms with Gasteiger partial charge in [-0.15, -0.1) is 0 Å². The number of allylic oxidation sites excluding steroid dienone is 1. The van der Waals surface area contributed by atoms with Crippen molar-refractivity contribution in [3.63, 3.8) is 0 Å². The van der Waals surface area contributed by atoms with Crippen LogP contribution in [0.5, 0.6) is 11.5 Å². The molecule has 1 aromatic heterocycles. The number of carboxylic acid groups (broad SMARTS) is 1. The molecule has 3 N–H and O–H groups in total. The van der Waals surface area contributed by atoms with Gasteiger partial charge in [0.05, 0.1) is 20.4 Å². The molecule has 0 bridgehead atoms. The number of nitrogens with zero attached hydrogens (tertiary/aromatic N) is 2. The summed E-state index contributed by atoms with van der Waals surface area (Å²) in [7, 11) is 2.94. The van der Waals surface area contributed by atoms with Crippen molar-refractivity contribution in [1.82, 2.24) is 9.78 Å². The number of anilines is 2. The van der Waals surface area contributed by atoms with Gasteiger partial charge in [0.1, 0.15) is 34.8 Å². The fourth-order valence-electron chi connectivity index (χ4n) is 3.46. The number of hydrogen-bond donors (Lipinski definition) is 3. The fourth-order valence-corrected chi connectivity index (χ4v) is 3.46. The highest BCUT2D eigenvalue weighted by molar-refractivity contribution is 6.08. The lowest BCUT2D eigenvalue weighted by Crippen LogP contribution is -2.26. The highest BCUT2D eigenvalue weighted by atomic mass is 19.1. The van der Waals surface area contributed by atoms with Crippen LogP contribution in [0, 0.1) is 11.6 Å². The zero-order valence-electron chi connectivity index (χ0n) is 17.4. The summed E-state index contributed by atoms with van der Waals surface area (Å²) in [5.74, 6) is -2.65. The molecule has 33 heavy (non-hydrogen) atoms. The quantitative estimate of drug-likeness (QED) is 0.521. The summed E-state index contributed by atoms with van der Waals surface area (Å²) >= 11 is 0. The first-order chi connectivity index (χ1) is 15.8.